The fourth-order valence-corrected chi connectivity index (χ4v) is 2.83. The SMILES string of the molecule is Cc1nccn1CCN1CCCCC1CNC(C)C. The Kier molecular flexibility index (Phi) is 5.40. The van der Waals surface area contributed by atoms with Crippen LogP contribution in [-0.2, 0) is 6.54 Å². The summed E-state index contributed by atoms with van der Waals surface area (Å²) >= 11 is 0. The van der Waals surface area contributed by atoms with Crippen LogP contribution in [0, 0.1) is 6.92 Å². The Morgan fingerprint density at radius 3 is 2.89 bits per heavy atom. The first-order chi connectivity index (χ1) is 9.16. The van der Waals surface area contributed by atoms with E-state index in [2.05, 4.69) is 46.7 Å². The van der Waals surface area contributed by atoms with E-state index in [0.29, 0.717) is 12.1 Å². The quantitative estimate of drug-likeness (QED) is 0.853. The van der Waals surface area contributed by atoms with Crippen LogP contribution in [0.4, 0.5) is 0 Å². The topological polar surface area (TPSA) is 33.1 Å². The van der Waals surface area contributed by atoms with Crippen LogP contribution in [0.15, 0.2) is 12.4 Å². The zero-order valence-electron chi connectivity index (χ0n) is 12.6. The molecule has 0 aliphatic carbocycles. The molecule has 108 valence electrons. The second kappa shape index (κ2) is 7.06. The maximum atomic E-state index is 4.29. The van der Waals surface area contributed by atoms with Gasteiger partial charge in [0.05, 0.1) is 0 Å². The van der Waals surface area contributed by atoms with E-state index in [1.54, 1.807) is 0 Å². The molecular formula is C15H28N4. The van der Waals surface area contributed by atoms with E-state index in [1.165, 1.54) is 25.8 Å². The number of aromatic nitrogens is 2. The summed E-state index contributed by atoms with van der Waals surface area (Å²) in [5.41, 5.74) is 0. The number of hydrogen-bond donors (Lipinski definition) is 1. The van der Waals surface area contributed by atoms with E-state index in [1.807, 2.05) is 6.20 Å². The van der Waals surface area contributed by atoms with Crippen molar-refractivity contribution in [3.05, 3.63) is 18.2 Å². The zero-order chi connectivity index (χ0) is 13.7. The van der Waals surface area contributed by atoms with E-state index in [4.69, 9.17) is 0 Å². The van der Waals surface area contributed by atoms with Gasteiger partial charge >= 0.3 is 0 Å². The van der Waals surface area contributed by atoms with E-state index in [9.17, 15) is 0 Å². The summed E-state index contributed by atoms with van der Waals surface area (Å²) in [7, 11) is 0. The lowest BCUT2D eigenvalue weighted by molar-refractivity contribution is 0.138. The predicted octanol–water partition coefficient (Wildman–Crippen LogP) is 2.04. The van der Waals surface area contributed by atoms with Crippen molar-refractivity contribution in [3.63, 3.8) is 0 Å². The van der Waals surface area contributed by atoms with Gasteiger partial charge in [-0.25, -0.2) is 4.98 Å². The van der Waals surface area contributed by atoms with Crippen molar-refractivity contribution in [2.24, 2.45) is 0 Å². The maximum absolute atomic E-state index is 4.29. The summed E-state index contributed by atoms with van der Waals surface area (Å²) in [6.45, 7) is 11.1. The highest BCUT2D eigenvalue weighted by atomic mass is 15.2. The number of hydrogen-bond acceptors (Lipinski definition) is 3. The van der Waals surface area contributed by atoms with E-state index < -0.39 is 0 Å². The first-order valence-corrected chi connectivity index (χ1v) is 7.62. The molecule has 19 heavy (non-hydrogen) atoms. The van der Waals surface area contributed by atoms with Crippen molar-refractivity contribution in [1.82, 2.24) is 19.8 Å². The number of nitrogens with one attached hydrogen (secondary N) is 1. The second-order valence-electron chi connectivity index (χ2n) is 5.92. The van der Waals surface area contributed by atoms with Crippen LogP contribution in [0.1, 0.15) is 38.9 Å². The van der Waals surface area contributed by atoms with Crippen LogP contribution < -0.4 is 5.32 Å². The molecule has 0 radical (unpaired) electrons. The lowest BCUT2D eigenvalue weighted by Gasteiger charge is -2.36. The maximum Gasteiger partial charge on any atom is 0.105 e. The van der Waals surface area contributed by atoms with Gasteiger partial charge in [-0.3, -0.25) is 4.90 Å². The summed E-state index contributed by atoms with van der Waals surface area (Å²) < 4.78 is 2.25. The Morgan fingerprint density at radius 2 is 2.21 bits per heavy atom. The van der Waals surface area contributed by atoms with Gasteiger partial charge in [-0.1, -0.05) is 20.3 Å². The van der Waals surface area contributed by atoms with Crippen LogP contribution in [0.2, 0.25) is 0 Å². The Morgan fingerprint density at radius 1 is 1.37 bits per heavy atom. The molecule has 1 N–H and O–H groups in total. The molecule has 0 amide bonds. The molecule has 1 aromatic heterocycles. The van der Waals surface area contributed by atoms with Crippen molar-refractivity contribution in [2.45, 2.75) is 58.7 Å². The molecule has 4 heteroatoms. The monoisotopic (exact) mass is 264 g/mol. The third-order valence-electron chi connectivity index (χ3n) is 4.06. The standard InChI is InChI=1S/C15H28N4/c1-13(2)17-12-15-6-4-5-8-19(15)11-10-18-9-7-16-14(18)3/h7,9,13,15,17H,4-6,8,10-12H2,1-3H3. The van der Waals surface area contributed by atoms with E-state index >= 15 is 0 Å². The average Bonchev–Trinajstić information content (AvgIpc) is 2.80. The Bertz CT molecular complexity index is 372. The van der Waals surface area contributed by atoms with Gasteiger partial charge in [0.25, 0.3) is 0 Å². The number of rotatable bonds is 6. The van der Waals surface area contributed by atoms with Crippen molar-refractivity contribution in [2.75, 3.05) is 19.6 Å². The van der Waals surface area contributed by atoms with Crippen LogP contribution in [0.3, 0.4) is 0 Å². The molecule has 0 bridgehead atoms. The number of piperidine rings is 1. The summed E-state index contributed by atoms with van der Waals surface area (Å²) in [5.74, 6) is 1.12. The fraction of sp³-hybridized carbons (Fsp3) is 0.800. The molecule has 1 aromatic rings. The highest BCUT2D eigenvalue weighted by Crippen LogP contribution is 2.16. The molecule has 0 saturated carbocycles. The molecule has 2 rings (SSSR count). The second-order valence-corrected chi connectivity index (χ2v) is 5.92. The summed E-state index contributed by atoms with van der Waals surface area (Å²) in [5, 5.41) is 3.59. The molecule has 1 unspecified atom stereocenters. The van der Waals surface area contributed by atoms with Crippen LogP contribution in [-0.4, -0.2) is 46.2 Å². The van der Waals surface area contributed by atoms with Gasteiger partial charge in [0, 0.05) is 44.1 Å². The largest absolute Gasteiger partial charge is 0.334 e. The van der Waals surface area contributed by atoms with Gasteiger partial charge < -0.3 is 9.88 Å². The van der Waals surface area contributed by atoms with E-state index in [0.717, 1.165) is 25.5 Å². The molecule has 1 fully saturated rings. The molecule has 2 heterocycles. The highest BCUT2D eigenvalue weighted by molar-refractivity contribution is 4.89. The minimum atomic E-state index is 0.583. The molecule has 1 saturated heterocycles. The predicted molar refractivity (Wildman–Crippen MR) is 79.3 cm³/mol. The molecule has 4 nitrogen and oxygen atoms in total. The van der Waals surface area contributed by atoms with Crippen LogP contribution in [0.5, 0.6) is 0 Å². The van der Waals surface area contributed by atoms with Gasteiger partial charge in [-0.05, 0) is 26.3 Å². The Labute approximate surface area is 117 Å². The molecule has 1 atom stereocenters. The minimum absolute atomic E-state index is 0.583. The Balaban J connectivity index is 1.83. The third-order valence-corrected chi connectivity index (χ3v) is 4.06. The van der Waals surface area contributed by atoms with Crippen LogP contribution >= 0.6 is 0 Å². The van der Waals surface area contributed by atoms with Crippen molar-refractivity contribution < 1.29 is 0 Å². The van der Waals surface area contributed by atoms with E-state index in [-0.39, 0.29) is 0 Å². The van der Waals surface area contributed by atoms with Gasteiger partial charge in [-0.2, -0.15) is 0 Å². The smallest absolute Gasteiger partial charge is 0.105 e. The lowest BCUT2D eigenvalue weighted by Crippen LogP contribution is -2.47. The zero-order valence-corrected chi connectivity index (χ0v) is 12.6. The summed E-state index contributed by atoms with van der Waals surface area (Å²) in [6, 6.07) is 1.29. The number of imidazole rings is 1. The molecule has 0 spiro atoms. The van der Waals surface area contributed by atoms with Crippen molar-refractivity contribution in [3.8, 4) is 0 Å². The fourth-order valence-electron chi connectivity index (χ4n) is 2.83. The van der Waals surface area contributed by atoms with Gasteiger partial charge in [-0.15, -0.1) is 0 Å². The first-order valence-electron chi connectivity index (χ1n) is 7.62. The summed E-state index contributed by atoms with van der Waals surface area (Å²) in [4.78, 5) is 6.94. The molecule has 0 aromatic carbocycles. The number of likely N-dealkylation sites (tertiary alicyclic amines) is 1. The van der Waals surface area contributed by atoms with Gasteiger partial charge in [0.1, 0.15) is 5.82 Å². The number of aryl methyl sites for hydroxylation is 1. The normalized spacial score (nSPS) is 21.2. The molecule has 1 aliphatic heterocycles. The Hall–Kier alpha value is -0.870. The highest BCUT2D eigenvalue weighted by Gasteiger charge is 2.21. The third kappa shape index (κ3) is 4.32. The molecular weight excluding hydrogens is 236 g/mol. The van der Waals surface area contributed by atoms with Crippen molar-refractivity contribution in [1.29, 1.82) is 0 Å². The number of nitrogens with zero attached hydrogens (tertiary/aromatic N) is 3. The molecule has 1 aliphatic rings. The average molecular weight is 264 g/mol. The van der Waals surface area contributed by atoms with Gasteiger partial charge in [0.15, 0.2) is 0 Å². The first kappa shape index (κ1) is 14.5. The van der Waals surface area contributed by atoms with Crippen LogP contribution in [0.25, 0.3) is 0 Å². The van der Waals surface area contributed by atoms with Crippen molar-refractivity contribution >= 4 is 0 Å². The minimum Gasteiger partial charge on any atom is -0.334 e. The summed E-state index contributed by atoms with van der Waals surface area (Å²) in [6.07, 6.45) is 8.04. The van der Waals surface area contributed by atoms with Gasteiger partial charge in [0.2, 0.25) is 0 Å². The lowest BCUT2D eigenvalue weighted by atomic mass is 10.0.